The number of carbonyl (C=O) groups is 1. The topological polar surface area (TPSA) is 44.4 Å². The summed E-state index contributed by atoms with van der Waals surface area (Å²) in [7, 11) is 4.12. The molecule has 0 saturated carbocycles. The first kappa shape index (κ1) is 16.4. The average molecular weight is 243 g/mol. The van der Waals surface area contributed by atoms with Gasteiger partial charge in [-0.3, -0.25) is 4.79 Å². The van der Waals surface area contributed by atoms with Gasteiger partial charge in [-0.1, -0.05) is 13.3 Å². The summed E-state index contributed by atoms with van der Waals surface area (Å²) in [4.78, 5) is 13.7. The number of nitrogens with zero attached hydrogens (tertiary/aromatic N) is 1. The second-order valence-electron chi connectivity index (χ2n) is 5.13. The minimum absolute atomic E-state index is 0.0997. The summed E-state index contributed by atoms with van der Waals surface area (Å²) in [6.45, 7) is 7.76. The fraction of sp³-hybridized carbons (Fsp3) is 0.923. The Morgan fingerprint density at radius 1 is 1.18 bits per heavy atom. The van der Waals surface area contributed by atoms with E-state index >= 15 is 0 Å². The number of amides is 1. The van der Waals surface area contributed by atoms with Crippen LogP contribution in [0.4, 0.5) is 0 Å². The highest BCUT2D eigenvalue weighted by Crippen LogP contribution is 1.95. The molecule has 4 heteroatoms. The van der Waals surface area contributed by atoms with Gasteiger partial charge >= 0.3 is 0 Å². The fourth-order valence-corrected chi connectivity index (χ4v) is 1.65. The minimum Gasteiger partial charge on any atom is -0.353 e. The molecule has 0 aromatic heterocycles. The second-order valence-corrected chi connectivity index (χ2v) is 5.13. The molecule has 0 bridgehead atoms. The van der Waals surface area contributed by atoms with Crippen LogP contribution in [0.3, 0.4) is 0 Å². The highest BCUT2D eigenvalue weighted by atomic mass is 16.1. The standard InChI is InChI=1S/C13H29N3O/c1-6-7-12(3)15-13(17)10-14-11(2)8-9-16(4)5/h11-12,14H,6-10H2,1-5H3,(H,15,17). The molecule has 0 aliphatic rings. The maximum absolute atomic E-state index is 11.6. The normalized spacial score (nSPS) is 14.7. The molecule has 0 aromatic carbocycles. The zero-order valence-electron chi connectivity index (χ0n) is 12.0. The zero-order valence-corrected chi connectivity index (χ0v) is 12.0. The molecule has 1 amide bonds. The van der Waals surface area contributed by atoms with Gasteiger partial charge in [0.15, 0.2) is 0 Å². The van der Waals surface area contributed by atoms with Crippen molar-refractivity contribution in [1.29, 1.82) is 0 Å². The van der Waals surface area contributed by atoms with Gasteiger partial charge < -0.3 is 15.5 Å². The summed E-state index contributed by atoms with van der Waals surface area (Å²) in [5.74, 6) is 0.0997. The molecule has 0 radical (unpaired) electrons. The molecule has 0 aliphatic heterocycles. The van der Waals surface area contributed by atoms with Crippen LogP contribution in [0.1, 0.15) is 40.0 Å². The van der Waals surface area contributed by atoms with Crippen LogP contribution in [0.5, 0.6) is 0 Å². The molecule has 0 rings (SSSR count). The molecule has 0 spiro atoms. The Morgan fingerprint density at radius 2 is 1.82 bits per heavy atom. The Balaban J connectivity index is 3.61. The van der Waals surface area contributed by atoms with Gasteiger partial charge in [-0.05, 0) is 47.3 Å². The van der Waals surface area contributed by atoms with Gasteiger partial charge in [0.2, 0.25) is 5.91 Å². The van der Waals surface area contributed by atoms with Gasteiger partial charge in [0.1, 0.15) is 0 Å². The highest BCUT2D eigenvalue weighted by molar-refractivity contribution is 5.78. The Kier molecular flexibility index (Phi) is 9.09. The third kappa shape index (κ3) is 10.3. The molecule has 17 heavy (non-hydrogen) atoms. The van der Waals surface area contributed by atoms with E-state index in [0.29, 0.717) is 12.6 Å². The molecular formula is C13H29N3O. The molecule has 2 unspecified atom stereocenters. The first-order valence-corrected chi connectivity index (χ1v) is 6.63. The van der Waals surface area contributed by atoms with Crippen molar-refractivity contribution in [2.75, 3.05) is 27.2 Å². The van der Waals surface area contributed by atoms with E-state index < -0.39 is 0 Å². The first-order valence-electron chi connectivity index (χ1n) is 6.63. The van der Waals surface area contributed by atoms with E-state index in [-0.39, 0.29) is 11.9 Å². The molecule has 4 nitrogen and oxygen atoms in total. The summed E-state index contributed by atoms with van der Waals surface area (Å²) in [6.07, 6.45) is 3.21. The van der Waals surface area contributed by atoms with Crippen LogP contribution in [0, 0.1) is 0 Å². The Labute approximate surface area is 106 Å². The van der Waals surface area contributed by atoms with Crippen molar-refractivity contribution < 1.29 is 4.79 Å². The summed E-state index contributed by atoms with van der Waals surface area (Å²) in [6, 6.07) is 0.663. The predicted molar refractivity (Wildman–Crippen MR) is 73.1 cm³/mol. The van der Waals surface area contributed by atoms with Crippen molar-refractivity contribution in [2.24, 2.45) is 0 Å². The fourth-order valence-electron chi connectivity index (χ4n) is 1.65. The van der Waals surface area contributed by atoms with E-state index in [9.17, 15) is 4.79 Å². The summed E-state index contributed by atoms with van der Waals surface area (Å²) in [5.41, 5.74) is 0. The lowest BCUT2D eigenvalue weighted by Gasteiger charge is -2.18. The summed E-state index contributed by atoms with van der Waals surface area (Å²) < 4.78 is 0. The van der Waals surface area contributed by atoms with Crippen LogP contribution in [-0.2, 0) is 4.79 Å². The Hall–Kier alpha value is -0.610. The van der Waals surface area contributed by atoms with E-state index in [1.807, 2.05) is 0 Å². The summed E-state index contributed by atoms with van der Waals surface area (Å²) >= 11 is 0. The van der Waals surface area contributed by atoms with Gasteiger partial charge in [0, 0.05) is 12.1 Å². The van der Waals surface area contributed by atoms with Gasteiger partial charge in [-0.2, -0.15) is 0 Å². The highest BCUT2D eigenvalue weighted by Gasteiger charge is 2.08. The average Bonchev–Trinajstić information content (AvgIpc) is 2.23. The van der Waals surface area contributed by atoms with Crippen LogP contribution in [0.15, 0.2) is 0 Å². The molecule has 2 N–H and O–H groups in total. The lowest BCUT2D eigenvalue weighted by Crippen LogP contribution is -2.42. The lowest BCUT2D eigenvalue weighted by atomic mass is 10.2. The second kappa shape index (κ2) is 9.42. The van der Waals surface area contributed by atoms with E-state index in [1.54, 1.807) is 0 Å². The maximum Gasteiger partial charge on any atom is 0.234 e. The molecular weight excluding hydrogens is 214 g/mol. The van der Waals surface area contributed by atoms with Gasteiger partial charge in [-0.15, -0.1) is 0 Å². The van der Waals surface area contributed by atoms with Gasteiger partial charge in [0.05, 0.1) is 6.54 Å². The Morgan fingerprint density at radius 3 is 2.35 bits per heavy atom. The Bertz CT molecular complexity index is 207. The summed E-state index contributed by atoms with van der Waals surface area (Å²) in [5, 5.41) is 6.24. The number of hydrogen-bond donors (Lipinski definition) is 2. The monoisotopic (exact) mass is 243 g/mol. The predicted octanol–water partition coefficient (Wildman–Crippen LogP) is 1.22. The van der Waals surface area contributed by atoms with E-state index in [2.05, 4.69) is 50.4 Å². The van der Waals surface area contributed by atoms with Gasteiger partial charge in [-0.25, -0.2) is 0 Å². The largest absolute Gasteiger partial charge is 0.353 e. The molecule has 102 valence electrons. The maximum atomic E-state index is 11.6. The molecule has 0 saturated heterocycles. The van der Waals surface area contributed by atoms with Crippen molar-refractivity contribution in [2.45, 2.75) is 52.1 Å². The molecule has 0 heterocycles. The number of nitrogens with one attached hydrogen (secondary N) is 2. The molecule has 0 fully saturated rings. The SMILES string of the molecule is CCCC(C)NC(=O)CNC(C)CCN(C)C. The van der Waals surface area contributed by atoms with E-state index in [1.165, 1.54) is 0 Å². The third-order valence-corrected chi connectivity index (χ3v) is 2.75. The van der Waals surface area contributed by atoms with E-state index in [4.69, 9.17) is 0 Å². The van der Waals surface area contributed by atoms with E-state index in [0.717, 1.165) is 25.8 Å². The smallest absolute Gasteiger partial charge is 0.234 e. The number of hydrogen-bond acceptors (Lipinski definition) is 3. The third-order valence-electron chi connectivity index (χ3n) is 2.75. The number of carbonyl (C=O) groups excluding carboxylic acids is 1. The van der Waals surface area contributed by atoms with Crippen LogP contribution in [0.2, 0.25) is 0 Å². The van der Waals surface area contributed by atoms with Crippen molar-refractivity contribution in [3.63, 3.8) is 0 Å². The lowest BCUT2D eigenvalue weighted by molar-refractivity contribution is -0.121. The number of rotatable bonds is 9. The van der Waals surface area contributed by atoms with Crippen molar-refractivity contribution in [3.05, 3.63) is 0 Å². The van der Waals surface area contributed by atoms with Crippen molar-refractivity contribution in [3.8, 4) is 0 Å². The van der Waals surface area contributed by atoms with Crippen LogP contribution in [-0.4, -0.2) is 50.1 Å². The van der Waals surface area contributed by atoms with Crippen LogP contribution < -0.4 is 10.6 Å². The van der Waals surface area contributed by atoms with Crippen molar-refractivity contribution >= 4 is 5.91 Å². The zero-order chi connectivity index (χ0) is 13.3. The minimum atomic E-state index is 0.0997. The molecule has 0 aliphatic carbocycles. The van der Waals surface area contributed by atoms with Crippen molar-refractivity contribution in [1.82, 2.24) is 15.5 Å². The molecule has 0 aromatic rings. The quantitative estimate of drug-likeness (QED) is 0.640. The first-order chi connectivity index (χ1) is 7.95. The van der Waals surface area contributed by atoms with Gasteiger partial charge in [0.25, 0.3) is 0 Å². The van der Waals surface area contributed by atoms with Crippen LogP contribution >= 0.6 is 0 Å². The van der Waals surface area contributed by atoms with Crippen LogP contribution in [0.25, 0.3) is 0 Å². The molecule has 2 atom stereocenters.